The Labute approximate surface area is 104 Å². The van der Waals surface area contributed by atoms with E-state index in [0.717, 1.165) is 19.4 Å². The maximum atomic E-state index is 5.90. The van der Waals surface area contributed by atoms with Crippen LogP contribution in [-0.2, 0) is 0 Å². The monoisotopic (exact) mass is 240 g/mol. The van der Waals surface area contributed by atoms with E-state index in [-0.39, 0.29) is 0 Å². The molecule has 0 N–H and O–H groups in total. The van der Waals surface area contributed by atoms with Gasteiger partial charge in [0.2, 0.25) is 0 Å². The zero-order valence-electron chi connectivity index (χ0n) is 10.4. The maximum Gasteiger partial charge on any atom is 0.0429 e. The fourth-order valence-corrected chi connectivity index (χ4v) is 2.29. The molecule has 1 rings (SSSR count). The molecule has 0 fully saturated rings. The maximum absolute atomic E-state index is 5.90. The van der Waals surface area contributed by atoms with Gasteiger partial charge in [0.1, 0.15) is 0 Å². The molecule has 1 aromatic rings. The smallest absolute Gasteiger partial charge is 0.0429 e. The molecule has 3 heteroatoms. The van der Waals surface area contributed by atoms with Crippen LogP contribution in [0.3, 0.4) is 0 Å². The molecule has 1 aromatic heterocycles. The van der Waals surface area contributed by atoms with Gasteiger partial charge in [-0.2, -0.15) is 0 Å². The average molecular weight is 241 g/mol. The van der Waals surface area contributed by atoms with Gasteiger partial charge in [0, 0.05) is 36.5 Å². The Hall–Kier alpha value is -0.760. The molecule has 0 atom stereocenters. The van der Waals surface area contributed by atoms with Gasteiger partial charge in [-0.25, -0.2) is 0 Å². The fraction of sp³-hybridized carbons (Fsp3) is 0.615. The topological polar surface area (TPSA) is 16.1 Å². The number of alkyl halides is 1. The van der Waals surface area contributed by atoms with Gasteiger partial charge < -0.3 is 4.90 Å². The lowest BCUT2D eigenvalue weighted by Crippen LogP contribution is -2.36. The molecule has 0 aliphatic heterocycles. The van der Waals surface area contributed by atoms with Crippen molar-refractivity contribution < 1.29 is 0 Å². The minimum atomic E-state index is 0.569. The van der Waals surface area contributed by atoms with Crippen LogP contribution in [0.2, 0.25) is 0 Å². The summed E-state index contributed by atoms with van der Waals surface area (Å²) in [5, 5.41) is 0. The van der Waals surface area contributed by atoms with Gasteiger partial charge in [0.25, 0.3) is 0 Å². The molecule has 90 valence electrons. The summed E-state index contributed by atoms with van der Waals surface area (Å²) in [6.07, 6.45) is 6.06. The Balaban J connectivity index is 2.97. The van der Waals surface area contributed by atoms with E-state index >= 15 is 0 Å². The van der Waals surface area contributed by atoms with Gasteiger partial charge in [-0.1, -0.05) is 13.8 Å². The van der Waals surface area contributed by atoms with Crippen LogP contribution < -0.4 is 4.90 Å². The van der Waals surface area contributed by atoms with Crippen LogP contribution in [0.25, 0.3) is 0 Å². The highest BCUT2D eigenvalue weighted by atomic mass is 35.5. The van der Waals surface area contributed by atoms with E-state index in [1.807, 2.05) is 12.4 Å². The first kappa shape index (κ1) is 13.3. The lowest BCUT2D eigenvalue weighted by atomic mass is 10.1. The van der Waals surface area contributed by atoms with E-state index in [9.17, 15) is 0 Å². The van der Waals surface area contributed by atoms with Crippen LogP contribution in [0.5, 0.6) is 0 Å². The summed E-state index contributed by atoms with van der Waals surface area (Å²) in [6, 6.07) is 2.65. The van der Waals surface area contributed by atoms with Crippen molar-refractivity contribution in [3.63, 3.8) is 0 Å². The molecule has 0 radical (unpaired) electrons. The third-order valence-electron chi connectivity index (χ3n) is 3.01. The standard InChI is InChI=1S/C13H21ClN2/c1-4-12(5-2)16(9-7-14)13-6-8-15-10-11(13)3/h6,8,10,12H,4-5,7,9H2,1-3H3. The predicted octanol–water partition coefficient (Wildman–Crippen LogP) is 3.62. The highest BCUT2D eigenvalue weighted by molar-refractivity contribution is 6.18. The van der Waals surface area contributed by atoms with Crippen LogP contribution in [-0.4, -0.2) is 23.5 Å². The molecule has 0 saturated heterocycles. The summed E-state index contributed by atoms with van der Waals surface area (Å²) < 4.78 is 0. The van der Waals surface area contributed by atoms with Gasteiger partial charge in [0.05, 0.1) is 0 Å². The highest BCUT2D eigenvalue weighted by Gasteiger charge is 2.16. The Bertz CT molecular complexity index is 311. The Kier molecular flexibility index (Phi) is 5.61. The van der Waals surface area contributed by atoms with Crippen LogP contribution in [0, 0.1) is 6.92 Å². The van der Waals surface area contributed by atoms with E-state index < -0.39 is 0 Å². The van der Waals surface area contributed by atoms with Crippen molar-refractivity contribution in [1.82, 2.24) is 4.98 Å². The number of rotatable bonds is 6. The first-order valence-corrected chi connectivity index (χ1v) is 6.51. The lowest BCUT2D eigenvalue weighted by molar-refractivity contribution is 0.566. The third kappa shape index (κ3) is 3.11. The number of anilines is 1. The average Bonchev–Trinajstić information content (AvgIpc) is 2.30. The van der Waals surface area contributed by atoms with E-state index in [0.29, 0.717) is 11.9 Å². The molecule has 0 spiro atoms. The first-order chi connectivity index (χ1) is 7.74. The van der Waals surface area contributed by atoms with Crippen molar-refractivity contribution in [1.29, 1.82) is 0 Å². The molecule has 0 aromatic carbocycles. The van der Waals surface area contributed by atoms with Crippen molar-refractivity contribution in [2.24, 2.45) is 0 Å². The normalized spacial score (nSPS) is 10.8. The zero-order chi connectivity index (χ0) is 12.0. The molecule has 0 aliphatic carbocycles. The summed E-state index contributed by atoms with van der Waals surface area (Å²) >= 11 is 5.90. The Morgan fingerprint density at radius 2 is 2.06 bits per heavy atom. The number of hydrogen-bond acceptors (Lipinski definition) is 2. The van der Waals surface area contributed by atoms with Crippen LogP contribution in [0.4, 0.5) is 5.69 Å². The zero-order valence-corrected chi connectivity index (χ0v) is 11.2. The second-order valence-electron chi connectivity index (χ2n) is 4.01. The molecule has 2 nitrogen and oxygen atoms in total. The Morgan fingerprint density at radius 3 is 2.56 bits per heavy atom. The van der Waals surface area contributed by atoms with Crippen LogP contribution in [0.15, 0.2) is 18.5 Å². The van der Waals surface area contributed by atoms with E-state index in [2.05, 4.69) is 36.7 Å². The minimum absolute atomic E-state index is 0.569. The Morgan fingerprint density at radius 1 is 1.38 bits per heavy atom. The van der Waals surface area contributed by atoms with Crippen molar-refractivity contribution >= 4 is 17.3 Å². The van der Waals surface area contributed by atoms with E-state index in [4.69, 9.17) is 11.6 Å². The van der Waals surface area contributed by atoms with Crippen molar-refractivity contribution in [2.75, 3.05) is 17.3 Å². The third-order valence-corrected chi connectivity index (χ3v) is 3.18. The van der Waals surface area contributed by atoms with Crippen molar-refractivity contribution in [2.45, 2.75) is 39.7 Å². The molecule has 0 amide bonds. The quantitative estimate of drug-likeness (QED) is 0.706. The second-order valence-corrected chi connectivity index (χ2v) is 4.39. The summed E-state index contributed by atoms with van der Waals surface area (Å²) in [4.78, 5) is 6.55. The van der Waals surface area contributed by atoms with Crippen LogP contribution >= 0.6 is 11.6 Å². The molecular formula is C13H21ClN2. The number of aromatic nitrogens is 1. The number of nitrogens with zero attached hydrogens (tertiary/aromatic N) is 2. The predicted molar refractivity (Wildman–Crippen MR) is 71.4 cm³/mol. The van der Waals surface area contributed by atoms with E-state index in [1.54, 1.807) is 0 Å². The summed E-state index contributed by atoms with van der Waals surface area (Å²) in [5.41, 5.74) is 2.49. The van der Waals surface area contributed by atoms with Crippen molar-refractivity contribution in [3.8, 4) is 0 Å². The molecular weight excluding hydrogens is 220 g/mol. The highest BCUT2D eigenvalue weighted by Crippen LogP contribution is 2.23. The van der Waals surface area contributed by atoms with E-state index in [1.165, 1.54) is 11.3 Å². The second kappa shape index (κ2) is 6.74. The molecule has 0 unspecified atom stereocenters. The summed E-state index contributed by atoms with van der Waals surface area (Å²) in [7, 11) is 0. The summed E-state index contributed by atoms with van der Waals surface area (Å²) in [6.45, 7) is 7.46. The largest absolute Gasteiger partial charge is 0.367 e. The van der Waals surface area contributed by atoms with Crippen molar-refractivity contribution in [3.05, 3.63) is 24.0 Å². The molecule has 0 aliphatic rings. The lowest BCUT2D eigenvalue weighted by Gasteiger charge is -2.33. The number of aryl methyl sites for hydroxylation is 1. The van der Waals surface area contributed by atoms with Gasteiger partial charge in [-0.3, -0.25) is 4.98 Å². The number of hydrogen-bond donors (Lipinski definition) is 0. The molecule has 0 saturated carbocycles. The SMILES string of the molecule is CCC(CC)N(CCCl)c1ccncc1C. The van der Waals surface area contributed by atoms with Crippen LogP contribution in [0.1, 0.15) is 32.3 Å². The molecule has 16 heavy (non-hydrogen) atoms. The summed E-state index contributed by atoms with van der Waals surface area (Å²) in [5.74, 6) is 0.665. The fourth-order valence-electron chi connectivity index (χ4n) is 2.11. The van der Waals surface area contributed by atoms with Gasteiger partial charge >= 0.3 is 0 Å². The van der Waals surface area contributed by atoms with Gasteiger partial charge in [-0.05, 0) is 31.4 Å². The number of halogens is 1. The first-order valence-electron chi connectivity index (χ1n) is 5.97. The molecule has 0 bridgehead atoms. The molecule has 1 heterocycles. The van der Waals surface area contributed by atoms with Gasteiger partial charge in [-0.15, -0.1) is 11.6 Å². The van der Waals surface area contributed by atoms with Gasteiger partial charge in [0.15, 0.2) is 0 Å². The minimum Gasteiger partial charge on any atom is -0.367 e. The number of pyridine rings is 1.